The molecular formula is C26H35N3O4S. The molecule has 4 rings (SSSR count). The van der Waals surface area contributed by atoms with Gasteiger partial charge >= 0.3 is 5.69 Å². The minimum atomic E-state index is -3.82. The number of ether oxygens (including phenoxy) is 1. The lowest BCUT2D eigenvalue weighted by atomic mass is 10.0. The van der Waals surface area contributed by atoms with Crippen molar-refractivity contribution in [1.29, 1.82) is 0 Å². The number of nitrogens with zero attached hydrogens (tertiary/aromatic N) is 3. The molecule has 8 heteroatoms. The van der Waals surface area contributed by atoms with Gasteiger partial charge in [0, 0.05) is 33.4 Å². The molecule has 0 amide bonds. The first-order chi connectivity index (χ1) is 16.2. The zero-order valence-electron chi connectivity index (χ0n) is 20.5. The largest absolute Gasteiger partial charge is 0.381 e. The first-order valence-corrected chi connectivity index (χ1v) is 13.5. The number of hydrogen-bond donors (Lipinski definition) is 0. The predicted molar refractivity (Wildman–Crippen MR) is 136 cm³/mol. The van der Waals surface area contributed by atoms with Crippen molar-refractivity contribution in [2.45, 2.75) is 51.5 Å². The quantitative estimate of drug-likeness (QED) is 0.480. The number of anilines is 1. The topological polar surface area (TPSA) is 73.5 Å². The van der Waals surface area contributed by atoms with Crippen LogP contribution in [0.1, 0.15) is 39.2 Å². The number of hydrogen-bond acceptors (Lipinski definition) is 4. The van der Waals surface area contributed by atoms with Crippen LogP contribution in [0.15, 0.2) is 52.2 Å². The maximum Gasteiger partial charge on any atom is 0.328 e. The van der Waals surface area contributed by atoms with E-state index in [1.807, 2.05) is 38.1 Å². The van der Waals surface area contributed by atoms with Crippen molar-refractivity contribution >= 4 is 26.7 Å². The van der Waals surface area contributed by atoms with E-state index in [1.165, 1.54) is 4.31 Å². The van der Waals surface area contributed by atoms with Crippen molar-refractivity contribution in [1.82, 2.24) is 9.13 Å². The lowest BCUT2D eigenvalue weighted by molar-refractivity contribution is 0.0613. The van der Waals surface area contributed by atoms with Crippen molar-refractivity contribution in [2.24, 2.45) is 18.9 Å². The van der Waals surface area contributed by atoms with Crippen LogP contribution in [0.5, 0.6) is 0 Å². The molecule has 2 aromatic carbocycles. The molecule has 0 unspecified atom stereocenters. The molecule has 0 spiro atoms. The van der Waals surface area contributed by atoms with Crippen LogP contribution in [0.3, 0.4) is 0 Å². The summed E-state index contributed by atoms with van der Waals surface area (Å²) < 4.78 is 38.0. The Morgan fingerprint density at radius 2 is 1.74 bits per heavy atom. The number of aryl methyl sites for hydroxylation is 2. The van der Waals surface area contributed by atoms with Gasteiger partial charge in [-0.1, -0.05) is 32.9 Å². The predicted octanol–water partition coefficient (Wildman–Crippen LogP) is 4.18. The smallest absolute Gasteiger partial charge is 0.328 e. The van der Waals surface area contributed by atoms with E-state index in [0.29, 0.717) is 43.4 Å². The lowest BCUT2D eigenvalue weighted by Crippen LogP contribution is -2.34. The second-order valence-electron chi connectivity index (χ2n) is 9.61. The molecule has 7 nitrogen and oxygen atoms in total. The number of benzene rings is 2. The second kappa shape index (κ2) is 9.96. The fourth-order valence-electron chi connectivity index (χ4n) is 4.61. The molecule has 0 bridgehead atoms. The van der Waals surface area contributed by atoms with Crippen molar-refractivity contribution in [3.05, 3.63) is 58.5 Å². The molecule has 1 aromatic heterocycles. The highest BCUT2D eigenvalue weighted by atomic mass is 32.2. The molecule has 2 heterocycles. The normalized spacial score (nSPS) is 15.3. The maximum atomic E-state index is 13.9. The van der Waals surface area contributed by atoms with E-state index in [1.54, 1.807) is 34.4 Å². The van der Waals surface area contributed by atoms with Gasteiger partial charge in [0.05, 0.1) is 21.6 Å². The molecule has 1 aliphatic rings. The average Bonchev–Trinajstić information content (AvgIpc) is 3.07. The van der Waals surface area contributed by atoms with Crippen LogP contribution < -0.4 is 9.99 Å². The summed E-state index contributed by atoms with van der Waals surface area (Å²) in [7, 11) is -2.09. The molecule has 1 saturated heterocycles. The van der Waals surface area contributed by atoms with E-state index in [0.717, 1.165) is 30.3 Å². The third-order valence-electron chi connectivity index (χ3n) is 6.65. The molecule has 1 aliphatic heterocycles. The summed E-state index contributed by atoms with van der Waals surface area (Å²) in [5, 5.41) is 0. The van der Waals surface area contributed by atoms with Crippen molar-refractivity contribution < 1.29 is 13.2 Å². The van der Waals surface area contributed by atoms with E-state index < -0.39 is 10.0 Å². The molecule has 34 heavy (non-hydrogen) atoms. The number of sulfonamides is 1. The molecule has 0 aliphatic carbocycles. The van der Waals surface area contributed by atoms with Crippen LogP contribution in [0.4, 0.5) is 5.69 Å². The van der Waals surface area contributed by atoms with E-state index in [2.05, 4.69) is 6.92 Å². The van der Waals surface area contributed by atoms with Gasteiger partial charge in [-0.15, -0.1) is 0 Å². The van der Waals surface area contributed by atoms with E-state index in [4.69, 9.17) is 4.74 Å². The number of imidazole rings is 1. The zero-order chi connectivity index (χ0) is 24.5. The second-order valence-corrected chi connectivity index (χ2v) is 11.5. The van der Waals surface area contributed by atoms with Crippen LogP contribution in [0.2, 0.25) is 0 Å². The zero-order valence-corrected chi connectivity index (χ0v) is 21.3. The Kier molecular flexibility index (Phi) is 7.19. The van der Waals surface area contributed by atoms with E-state index >= 15 is 0 Å². The average molecular weight is 486 g/mol. The highest BCUT2D eigenvalue weighted by molar-refractivity contribution is 7.92. The Bertz CT molecular complexity index is 1300. The molecular weight excluding hydrogens is 450 g/mol. The van der Waals surface area contributed by atoms with Gasteiger partial charge < -0.3 is 4.74 Å². The standard InChI is InChI=1S/C26H35N3O4S/c1-5-20-6-8-22(9-7-20)29(17-19(2)3)34(31,32)23-10-11-24-25(16-23)28(26(30)27(24)4)18-21-12-14-33-15-13-21/h6-11,16,19,21H,5,12-15,17-18H2,1-4H3. The van der Waals surface area contributed by atoms with E-state index in [9.17, 15) is 13.2 Å². The van der Waals surface area contributed by atoms with Gasteiger partial charge in [0.2, 0.25) is 0 Å². The molecule has 0 atom stereocenters. The number of fused-ring (bicyclic) bond motifs is 1. The molecule has 0 saturated carbocycles. The van der Waals surface area contributed by atoms with Crippen LogP contribution in [0.25, 0.3) is 11.0 Å². The molecule has 0 N–H and O–H groups in total. The Morgan fingerprint density at radius 3 is 2.35 bits per heavy atom. The Hall–Kier alpha value is -2.58. The van der Waals surface area contributed by atoms with Crippen molar-refractivity contribution in [2.75, 3.05) is 24.1 Å². The Balaban J connectivity index is 1.78. The van der Waals surface area contributed by atoms with Gasteiger partial charge in [-0.2, -0.15) is 0 Å². The number of rotatable bonds is 8. The van der Waals surface area contributed by atoms with Gasteiger partial charge in [-0.25, -0.2) is 13.2 Å². The highest BCUT2D eigenvalue weighted by Crippen LogP contribution is 2.28. The van der Waals surface area contributed by atoms with Crippen molar-refractivity contribution in [3.63, 3.8) is 0 Å². The monoisotopic (exact) mass is 485 g/mol. The summed E-state index contributed by atoms with van der Waals surface area (Å²) in [5.74, 6) is 0.486. The van der Waals surface area contributed by atoms with Gasteiger partial charge in [0.25, 0.3) is 10.0 Å². The van der Waals surface area contributed by atoms with Crippen LogP contribution in [0, 0.1) is 11.8 Å². The van der Waals surface area contributed by atoms with E-state index in [-0.39, 0.29) is 16.5 Å². The molecule has 0 radical (unpaired) electrons. The fourth-order valence-corrected chi connectivity index (χ4v) is 6.26. The van der Waals surface area contributed by atoms with Gasteiger partial charge in [-0.05, 0) is 67.0 Å². The maximum absolute atomic E-state index is 13.9. The summed E-state index contributed by atoms with van der Waals surface area (Å²) >= 11 is 0. The summed E-state index contributed by atoms with van der Waals surface area (Å²) in [4.78, 5) is 13.2. The van der Waals surface area contributed by atoms with Gasteiger partial charge in [0.1, 0.15) is 0 Å². The Morgan fingerprint density at radius 1 is 1.06 bits per heavy atom. The third-order valence-corrected chi connectivity index (χ3v) is 8.44. The molecule has 184 valence electrons. The van der Waals surface area contributed by atoms with Gasteiger partial charge in [-0.3, -0.25) is 13.4 Å². The highest BCUT2D eigenvalue weighted by Gasteiger charge is 2.27. The summed E-state index contributed by atoms with van der Waals surface area (Å²) in [6.07, 6.45) is 2.69. The van der Waals surface area contributed by atoms with Crippen molar-refractivity contribution in [3.8, 4) is 0 Å². The molecule has 1 fully saturated rings. The first-order valence-electron chi connectivity index (χ1n) is 12.1. The summed E-state index contributed by atoms with van der Waals surface area (Å²) in [5.41, 5.74) is 3.09. The number of aromatic nitrogens is 2. The fraction of sp³-hybridized carbons (Fsp3) is 0.500. The van der Waals surface area contributed by atoms with Crippen LogP contribution >= 0.6 is 0 Å². The summed E-state index contributed by atoms with van der Waals surface area (Å²) in [6, 6.07) is 12.7. The minimum absolute atomic E-state index is 0.120. The van der Waals surface area contributed by atoms with Crippen LogP contribution in [-0.2, 0) is 34.8 Å². The third kappa shape index (κ3) is 4.79. The Labute approximate surface area is 202 Å². The lowest BCUT2D eigenvalue weighted by Gasteiger charge is -2.26. The molecule has 3 aromatic rings. The first kappa shape index (κ1) is 24.5. The van der Waals surface area contributed by atoms with Crippen LogP contribution in [-0.4, -0.2) is 37.3 Å². The minimum Gasteiger partial charge on any atom is -0.381 e. The van der Waals surface area contributed by atoms with Gasteiger partial charge in [0.15, 0.2) is 0 Å². The summed E-state index contributed by atoms with van der Waals surface area (Å²) in [6.45, 7) is 8.43. The SMILES string of the molecule is CCc1ccc(N(CC(C)C)S(=O)(=O)c2ccc3c(c2)n(CC2CCOCC2)c(=O)n3C)cc1.